The van der Waals surface area contributed by atoms with E-state index in [9.17, 15) is 18.0 Å². The van der Waals surface area contributed by atoms with E-state index >= 15 is 0 Å². The van der Waals surface area contributed by atoms with Crippen LogP contribution >= 0.6 is 11.6 Å². The van der Waals surface area contributed by atoms with Gasteiger partial charge >= 0.3 is 6.18 Å². The van der Waals surface area contributed by atoms with Gasteiger partial charge in [0.15, 0.2) is 0 Å². The molecule has 0 aliphatic carbocycles. The Morgan fingerprint density at radius 1 is 1.23 bits per heavy atom. The quantitative estimate of drug-likeness (QED) is 0.839. The van der Waals surface area contributed by atoms with E-state index in [2.05, 4.69) is 0 Å². The van der Waals surface area contributed by atoms with Gasteiger partial charge in [-0.05, 0) is 24.6 Å². The van der Waals surface area contributed by atoms with E-state index in [1.54, 1.807) is 11.0 Å². The Morgan fingerprint density at radius 2 is 1.86 bits per heavy atom. The smallest absolute Gasteiger partial charge is 0.368 e. The van der Waals surface area contributed by atoms with E-state index in [-0.39, 0.29) is 10.9 Å². The summed E-state index contributed by atoms with van der Waals surface area (Å²) in [4.78, 5) is 15.4. The van der Waals surface area contributed by atoms with Gasteiger partial charge in [-0.3, -0.25) is 4.79 Å². The highest BCUT2D eigenvalue weighted by Crippen LogP contribution is 2.37. The normalized spacial score (nSPS) is 16.0. The Morgan fingerprint density at radius 3 is 2.41 bits per heavy atom. The molecular formula is C15H18ClF3N2O. The molecule has 3 nitrogen and oxygen atoms in total. The summed E-state index contributed by atoms with van der Waals surface area (Å²) in [6.45, 7) is 4.05. The lowest BCUT2D eigenvalue weighted by Crippen LogP contribution is -2.48. The van der Waals surface area contributed by atoms with Crippen LogP contribution in [0, 0.1) is 0 Å². The van der Waals surface area contributed by atoms with Crippen molar-refractivity contribution in [2.24, 2.45) is 0 Å². The summed E-state index contributed by atoms with van der Waals surface area (Å²) >= 11 is 5.63. The number of anilines is 1. The number of amides is 1. The van der Waals surface area contributed by atoms with E-state index in [1.807, 2.05) is 11.8 Å². The minimum atomic E-state index is -4.47. The van der Waals surface area contributed by atoms with Crippen LogP contribution in [0.5, 0.6) is 0 Å². The van der Waals surface area contributed by atoms with Crippen molar-refractivity contribution in [3.63, 3.8) is 0 Å². The Labute approximate surface area is 132 Å². The van der Waals surface area contributed by atoms with Gasteiger partial charge in [0, 0.05) is 38.3 Å². The van der Waals surface area contributed by atoms with Crippen LogP contribution in [-0.2, 0) is 11.0 Å². The minimum absolute atomic E-state index is 0.106. The molecule has 1 aromatic rings. The minimum Gasteiger partial charge on any atom is -0.368 e. The largest absolute Gasteiger partial charge is 0.417 e. The van der Waals surface area contributed by atoms with Gasteiger partial charge in [-0.25, -0.2) is 0 Å². The first-order chi connectivity index (χ1) is 10.3. The topological polar surface area (TPSA) is 23.6 Å². The highest BCUT2D eigenvalue weighted by Gasteiger charge is 2.34. The molecule has 1 fully saturated rings. The van der Waals surface area contributed by atoms with Crippen molar-refractivity contribution in [2.75, 3.05) is 31.1 Å². The van der Waals surface area contributed by atoms with Crippen molar-refractivity contribution in [1.82, 2.24) is 4.90 Å². The average molecular weight is 335 g/mol. The summed E-state index contributed by atoms with van der Waals surface area (Å²) in [5.74, 6) is 0.106. The van der Waals surface area contributed by atoms with E-state index in [1.165, 1.54) is 6.07 Å². The molecule has 122 valence electrons. The molecule has 0 spiro atoms. The summed E-state index contributed by atoms with van der Waals surface area (Å²) in [7, 11) is 0. The summed E-state index contributed by atoms with van der Waals surface area (Å²) in [6, 6.07) is 3.93. The zero-order valence-electron chi connectivity index (χ0n) is 12.3. The molecule has 0 aromatic heterocycles. The standard InChI is InChI=1S/C15H18ClF3N2O/c1-2-3-14(22)21-8-6-20(7-9-21)11-4-5-13(16)12(10-11)15(17,18)19/h4-5,10H,2-3,6-9H2,1H3. The fraction of sp³-hybridized carbons (Fsp3) is 0.533. The van der Waals surface area contributed by atoms with Crippen molar-refractivity contribution in [3.05, 3.63) is 28.8 Å². The molecule has 22 heavy (non-hydrogen) atoms. The molecule has 0 bridgehead atoms. The lowest BCUT2D eigenvalue weighted by atomic mass is 10.1. The number of rotatable bonds is 3. The molecule has 1 saturated heterocycles. The second-order valence-electron chi connectivity index (χ2n) is 5.28. The van der Waals surface area contributed by atoms with Gasteiger partial charge in [0.25, 0.3) is 0 Å². The average Bonchev–Trinajstić information content (AvgIpc) is 2.47. The lowest BCUT2D eigenvalue weighted by molar-refractivity contribution is -0.137. The number of hydrogen-bond acceptors (Lipinski definition) is 2. The second-order valence-corrected chi connectivity index (χ2v) is 5.69. The second kappa shape index (κ2) is 6.77. The number of alkyl halides is 3. The number of halogens is 4. The molecule has 1 heterocycles. The predicted molar refractivity (Wildman–Crippen MR) is 80.2 cm³/mol. The third kappa shape index (κ3) is 3.85. The molecule has 0 N–H and O–H groups in total. The van der Waals surface area contributed by atoms with E-state index in [4.69, 9.17) is 11.6 Å². The SMILES string of the molecule is CCCC(=O)N1CCN(c2ccc(Cl)c(C(F)(F)F)c2)CC1. The maximum absolute atomic E-state index is 12.9. The van der Waals surface area contributed by atoms with Gasteiger partial charge in [0.05, 0.1) is 10.6 Å². The molecule has 0 atom stereocenters. The van der Waals surface area contributed by atoms with Gasteiger partial charge in [-0.1, -0.05) is 18.5 Å². The Hall–Kier alpha value is -1.43. The number of nitrogens with zero attached hydrogens (tertiary/aromatic N) is 2. The lowest BCUT2D eigenvalue weighted by Gasteiger charge is -2.36. The first-order valence-electron chi connectivity index (χ1n) is 7.22. The molecule has 0 saturated carbocycles. The number of benzene rings is 1. The van der Waals surface area contributed by atoms with Crippen LogP contribution in [0.4, 0.5) is 18.9 Å². The summed E-state index contributed by atoms with van der Waals surface area (Å²) in [5.41, 5.74) is -0.338. The first kappa shape index (κ1) is 16.9. The van der Waals surface area contributed by atoms with Gasteiger partial charge in [0.2, 0.25) is 5.91 Å². The van der Waals surface area contributed by atoms with Crippen LogP contribution < -0.4 is 4.90 Å². The van der Waals surface area contributed by atoms with E-state index in [0.717, 1.165) is 12.5 Å². The highest BCUT2D eigenvalue weighted by atomic mass is 35.5. The van der Waals surface area contributed by atoms with Gasteiger partial charge < -0.3 is 9.80 Å². The monoisotopic (exact) mass is 334 g/mol. The van der Waals surface area contributed by atoms with Crippen LogP contribution in [0.3, 0.4) is 0 Å². The highest BCUT2D eigenvalue weighted by molar-refractivity contribution is 6.31. The van der Waals surface area contributed by atoms with Crippen LogP contribution in [-0.4, -0.2) is 37.0 Å². The van der Waals surface area contributed by atoms with E-state index in [0.29, 0.717) is 38.3 Å². The fourth-order valence-corrected chi connectivity index (χ4v) is 2.74. The molecular weight excluding hydrogens is 317 g/mol. The van der Waals surface area contributed by atoms with Crippen LogP contribution in [0.2, 0.25) is 5.02 Å². The maximum Gasteiger partial charge on any atom is 0.417 e. The Balaban J connectivity index is 2.07. The predicted octanol–water partition coefficient (Wildman–Crippen LogP) is 3.81. The number of carbonyl (C=O) groups excluding carboxylic acids is 1. The molecule has 1 amide bonds. The van der Waals surface area contributed by atoms with Gasteiger partial charge in [0.1, 0.15) is 0 Å². The molecule has 1 aliphatic heterocycles. The maximum atomic E-state index is 12.9. The third-order valence-electron chi connectivity index (χ3n) is 3.72. The molecule has 0 radical (unpaired) electrons. The number of hydrogen-bond donors (Lipinski definition) is 0. The molecule has 7 heteroatoms. The van der Waals surface area contributed by atoms with Crippen LogP contribution in [0.1, 0.15) is 25.3 Å². The molecule has 0 unspecified atom stereocenters. The van der Waals surface area contributed by atoms with Crippen LogP contribution in [0.15, 0.2) is 18.2 Å². The zero-order valence-corrected chi connectivity index (χ0v) is 13.0. The van der Waals surface area contributed by atoms with E-state index < -0.39 is 11.7 Å². The molecule has 1 aliphatic rings. The van der Waals surface area contributed by atoms with Gasteiger partial charge in [-0.15, -0.1) is 0 Å². The molecule has 1 aromatic carbocycles. The number of carbonyl (C=O) groups is 1. The first-order valence-corrected chi connectivity index (χ1v) is 7.60. The van der Waals surface area contributed by atoms with Crippen molar-refractivity contribution < 1.29 is 18.0 Å². The van der Waals surface area contributed by atoms with Crippen molar-refractivity contribution in [3.8, 4) is 0 Å². The summed E-state index contributed by atoms with van der Waals surface area (Å²) < 4.78 is 38.7. The zero-order chi connectivity index (χ0) is 16.3. The van der Waals surface area contributed by atoms with Crippen LogP contribution in [0.25, 0.3) is 0 Å². The third-order valence-corrected chi connectivity index (χ3v) is 4.05. The van der Waals surface area contributed by atoms with Crippen molar-refractivity contribution in [1.29, 1.82) is 0 Å². The van der Waals surface area contributed by atoms with Crippen molar-refractivity contribution in [2.45, 2.75) is 25.9 Å². The van der Waals surface area contributed by atoms with Crippen molar-refractivity contribution >= 4 is 23.2 Å². The fourth-order valence-electron chi connectivity index (χ4n) is 2.51. The van der Waals surface area contributed by atoms with Gasteiger partial charge in [-0.2, -0.15) is 13.2 Å². The Kier molecular flexibility index (Phi) is 5.21. The summed E-state index contributed by atoms with van der Waals surface area (Å²) in [5, 5.41) is -0.298. The molecule has 2 rings (SSSR count). The number of piperazine rings is 1. The Bertz CT molecular complexity index is 540. The summed E-state index contributed by atoms with van der Waals surface area (Å²) in [6.07, 6.45) is -3.16.